The van der Waals surface area contributed by atoms with Crippen LogP contribution >= 0.6 is 11.6 Å². The highest BCUT2D eigenvalue weighted by Gasteiger charge is 2.29. The van der Waals surface area contributed by atoms with Crippen molar-refractivity contribution in [2.24, 2.45) is 5.92 Å². The monoisotopic (exact) mass is 248 g/mol. The van der Waals surface area contributed by atoms with E-state index in [4.69, 9.17) is 21.7 Å². The van der Waals surface area contributed by atoms with E-state index in [2.05, 4.69) is 0 Å². The zero-order chi connectivity index (χ0) is 12.1. The van der Waals surface area contributed by atoms with Crippen LogP contribution in [0.2, 0.25) is 0 Å². The van der Waals surface area contributed by atoms with Gasteiger partial charge in [-0.3, -0.25) is 15.4 Å². The smallest absolute Gasteiger partial charge is 0.359 e. The number of ether oxygens (including phenoxy) is 1. The number of rotatable bonds is 4. The minimum absolute atomic E-state index is 0.0405. The maximum absolute atomic E-state index is 10.6. The van der Waals surface area contributed by atoms with E-state index in [0.29, 0.717) is 25.3 Å². The lowest BCUT2D eigenvalue weighted by atomic mass is 9.98. The fraction of sp³-hybridized carbons (Fsp3) is 0.667. The lowest BCUT2D eigenvalue weighted by molar-refractivity contribution is -0.651. The van der Waals surface area contributed by atoms with E-state index in [1.165, 1.54) is 0 Å². The first-order chi connectivity index (χ1) is 7.56. The Morgan fingerprint density at radius 2 is 2.44 bits per heavy atom. The second kappa shape index (κ2) is 5.93. The third kappa shape index (κ3) is 3.26. The Hall–Kier alpha value is -0.980. The van der Waals surface area contributed by atoms with Gasteiger partial charge < -0.3 is 10.1 Å². The quantitative estimate of drug-likeness (QED) is 0.325. The van der Waals surface area contributed by atoms with Gasteiger partial charge in [0.1, 0.15) is 6.21 Å². The van der Waals surface area contributed by atoms with Crippen molar-refractivity contribution in [2.45, 2.75) is 19.4 Å². The van der Waals surface area contributed by atoms with E-state index in [1.807, 2.05) is 6.92 Å². The second-order valence-corrected chi connectivity index (χ2v) is 4.21. The highest BCUT2D eigenvalue weighted by molar-refractivity contribution is 6.29. The predicted octanol–water partition coefficient (Wildman–Crippen LogP) is 0.309. The van der Waals surface area contributed by atoms with Crippen LogP contribution in [-0.4, -0.2) is 30.4 Å². The number of nitrogens with two attached hydrogens (primary N) is 1. The number of quaternary nitrogens is 1. The van der Waals surface area contributed by atoms with E-state index in [1.54, 1.807) is 5.32 Å². The Kier molecular flexibility index (Phi) is 4.85. The number of nitrogens with zero attached hydrogens (tertiary/aromatic N) is 1. The van der Waals surface area contributed by atoms with Crippen molar-refractivity contribution in [3.05, 3.63) is 21.0 Å². The van der Waals surface area contributed by atoms with Crippen LogP contribution in [0.5, 0.6) is 0 Å². The fourth-order valence-electron chi connectivity index (χ4n) is 1.63. The average molecular weight is 249 g/mol. The van der Waals surface area contributed by atoms with Gasteiger partial charge in [0, 0.05) is 12.3 Å². The normalized spacial score (nSPS) is 27.1. The lowest BCUT2D eigenvalue weighted by Gasteiger charge is -2.26. The maximum atomic E-state index is 10.6. The molecule has 1 rings (SSSR count). The summed E-state index contributed by atoms with van der Waals surface area (Å²) in [6.45, 7) is 3.30. The largest absolute Gasteiger partial charge is 0.381 e. The molecule has 2 atom stereocenters. The minimum atomic E-state index is -0.643. The molecule has 1 aliphatic heterocycles. The molecule has 0 aromatic rings. The van der Waals surface area contributed by atoms with Crippen LogP contribution in [-0.2, 0) is 4.74 Å². The lowest BCUT2D eigenvalue weighted by Crippen LogP contribution is -2.89. The van der Waals surface area contributed by atoms with Gasteiger partial charge in [-0.1, -0.05) is 6.92 Å². The van der Waals surface area contributed by atoms with Crippen molar-refractivity contribution in [1.29, 1.82) is 5.41 Å². The molecule has 0 amide bonds. The third-order valence-electron chi connectivity index (χ3n) is 2.65. The van der Waals surface area contributed by atoms with Crippen LogP contribution in [0.15, 0.2) is 10.9 Å². The van der Waals surface area contributed by atoms with Crippen LogP contribution in [0.3, 0.4) is 0 Å². The van der Waals surface area contributed by atoms with Gasteiger partial charge >= 0.3 is 5.70 Å². The van der Waals surface area contributed by atoms with Crippen molar-refractivity contribution in [2.75, 3.05) is 13.2 Å². The van der Waals surface area contributed by atoms with E-state index in [9.17, 15) is 10.1 Å². The molecule has 0 bridgehead atoms. The number of nitrogens with one attached hydrogen (secondary N) is 1. The van der Waals surface area contributed by atoms with E-state index in [-0.39, 0.29) is 16.9 Å². The SMILES string of the molecule is CC1COCCC1[NH2+]/C(Cl)=C(\C=N)[N+](=O)[O-]. The van der Waals surface area contributed by atoms with E-state index >= 15 is 0 Å². The Morgan fingerprint density at radius 1 is 1.75 bits per heavy atom. The molecule has 0 aromatic heterocycles. The molecule has 6 nitrogen and oxygen atoms in total. The zero-order valence-corrected chi connectivity index (χ0v) is 9.74. The minimum Gasteiger partial charge on any atom is -0.381 e. The maximum Gasteiger partial charge on any atom is 0.359 e. The fourth-order valence-corrected chi connectivity index (χ4v) is 1.91. The Morgan fingerprint density at radius 3 is 2.94 bits per heavy atom. The molecule has 2 unspecified atom stereocenters. The molecule has 0 saturated carbocycles. The van der Waals surface area contributed by atoms with Gasteiger partial charge in [0.2, 0.25) is 0 Å². The van der Waals surface area contributed by atoms with Crippen LogP contribution < -0.4 is 5.32 Å². The summed E-state index contributed by atoms with van der Waals surface area (Å²) >= 11 is 5.83. The molecule has 7 heteroatoms. The summed E-state index contributed by atoms with van der Waals surface area (Å²) in [5, 5.41) is 19.2. The van der Waals surface area contributed by atoms with Crippen LogP contribution in [0.4, 0.5) is 0 Å². The molecule has 90 valence electrons. The highest BCUT2D eigenvalue weighted by Crippen LogP contribution is 2.12. The van der Waals surface area contributed by atoms with Gasteiger partial charge in [-0.15, -0.1) is 0 Å². The van der Waals surface area contributed by atoms with Gasteiger partial charge in [0.25, 0.3) is 5.16 Å². The van der Waals surface area contributed by atoms with Gasteiger partial charge in [-0.05, 0) is 11.6 Å². The summed E-state index contributed by atoms with van der Waals surface area (Å²) in [6.07, 6.45) is 1.48. The van der Waals surface area contributed by atoms with Crippen molar-refractivity contribution in [1.82, 2.24) is 0 Å². The summed E-state index contributed by atoms with van der Waals surface area (Å²) in [7, 11) is 0. The zero-order valence-electron chi connectivity index (χ0n) is 8.98. The van der Waals surface area contributed by atoms with Crippen molar-refractivity contribution in [3.8, 4) is 0 Å². The van der Waals surface area contributed by atoms with Gasteiger partial charge in [0.05, 0.1) is 24.2 Å². The summed E-state index contributed by atoms with van der Waals surface area (Å²) in [6, 6.07) is 0.177. The molecule has 3 N–H and O–H groups in total. The summed E-state index contributed by atoms with van der Waals surface area (Å²) < 4.78 is 5.27. The predicted molar refractivity (Wildman–Crippen MR) is 59.0 cm³/mol. The van der Waals surface area contributed by atoms with Crippen molar-refractivity contribution in [3.63, 3.8) is 0 Å². The Labute approximate surface area is 98.3 Å². The van der Waals surface area contributed by atoms with Crippen molar-refractivity contribution < 1.29 is 15.0 Å². The van der Waals surface area contributed by atoms with Crippen LogP contribution in [0, 0.1) is 21.4 Å². The molecule has 0 aromatic carbocycles. The first kappa shape index (κ1) is 13.1. The molecule has 1 heterocycles. The Bertz CT molecular complexity index is 319. The van der Waals surface area contributed by atoms with Crippen molar-refractivity contribution >= 4 is 17.8 Å². The summed E-state index contributed by atoms with van der Waals surface area (Å²) in [5.41, 5.74) is -0.361. The highest BCUT2D eigenvalue weighted by atomic mass is 35.5. The molecule has 1 aliphatic rings. The number of hydrogen-bond donors (Lipinski definition) is 2. The molecule has 1 fully saturated rings. The van der Waals surface area contributed by atoms with Crippen LogP contribution in [0.25, 0.3) is 0 Å². The third-order valence-corrected chi connectivity index (χ3v) is 2.97. The summed E-state index contributed by atoms with van der Waals surface area (Å²) in [5.74, 6) is 0.293. The topological polar surface area (TPSA) is 92.8 Å². The van der Waals surface area contributed by atoms with Gasteiger partial charge in [-0.2, -0.15) is 0 Å². The average Bonchev–Trinajstić information content (AvgIpc) is 2.22. The number of nitro groups is 1. The first-order valence-corrected chi connectivity index (χ1v) is 5.41. The number of allylic oxidation sites excluding steroid dienone is 1. The standard InChI is InChI=1S/C9H14ClN3O3/c1-6-5-16-3-2-7(6)12-9(10)8(4-11)13(14)15/h4,6-7,11-12H,2-3,5H2,1H3/p+1/b9-8+,11-4?. The molecular weight excluding hydrogens is 234 g/mol. The summed E-state index contributed by atoms with van der Waals surface area (Å²) in [4.78, 5) is 9.92. The molecule has 0 radical (unpaired) electrons. The van der Waals surface area contributed by atoms with E-state index < -0.39 is 4.92 Å². The van der Waals surface area contributed by atoms with E-state index in [0.717, 1.165) is 6.42 Å². The number of hydrogen-bond acceptors (Lipinski definition) is 4. The second-order valence-electron chi connectivity index (χ2n) is 3.81. The first-order valence-electron chi connectivity index (χ1n) is 5.03. The molecular formula is C9H15ClN3O3+. The molecule has 0 aliphatic carbocycles. The molecule has 0 spiro atoms. The van der Waals surface area contributed by atoms with Gasteiger partial charge in [-0.25, -0.2) is 0 Å². The molecule has 16 heavy (non-hydrogen) atoms. The Balaban J connectivity index is 2.71. The molecule has 1 saturated heterocycles. The van der Waals surface area contributed by atoms with Gasteiger partial charge in [0.15, 0.2) is 0 Å². The van der Waals surface area contributed by atoms with Crippen LogP contribution in [0.1, 0.15) is 13.3 Å². The number of halogens is 1.